The molecule has 0 aliphatic heterocycles. The predicted octanol–water partition coefficient (Wildman–Crippen LogP) is 3.18. The minimum Gasteiger partial charge on any atom is -0.255 e. The molecule has 98 valence electrons. The number of fused-ring (bicyclic) bond motifs is 1. The zero-order valence-electron chi connectivity index (χ0n) is 10.3. The SMILES string of the molecule is C=CN=C(/C=C\C)c1cnc2ccc(C(F)F)nn12. The lowest BCUT2D eigenvalue weighted by Gasteiger charge is -2.03. The molecule has 0 aromatic carbocycles. The topological polar surface area (TPSA) is 42.5 Å². The van der Waals surface area contributed by atoms with Gasteiger partial charge in [-0.25, -0.2) is 18.3 Å². The highest BCUT2D eigenvalue weighted by molar-refractivity contribution is 6.08. The van der Waals surface area contributed by atoms with Gasteiger partial charge in [-0.2, -0.15) is 5.10 Å². The molecule has 2 aromatic heterocycles. The van der Waals surface area contributed by atoms with Crippen LogP contribution < -0.4 is 0 Å². The Balaban J connectivity index is 2.63. The first-order valence-electron chi connectivity index (χ1n) is 5.62. The van der Waals surface area contributed by atoms with Gasteiger partial charge in [-0.05, 0) is 25.1 Å². The van der Waals surface area contributed by atoms with E-state index in [1.54, 1.807) is 18.3 Å². The number of hydrogen-bond acceptors (Lipinski definition) is 3. The number of nitrogens with zero attached hydrogens (tertiary/aromatic N) is 4. The van der Waals surface area contributed by atoms with Crippen molar-refractivity contribution >= 4 is 11.4 Å². The number of allylic oxidation sites excluding steroid dienone is 2. The molecule has 0 saturated heterocycles. The first-order chi connectivity index (χ1) is 9.17. The van der Waals surface area contributed by atoms with Crippen molar-refractivity contribution in [2.75, 3.05) is 0 Å². The van der Waals surface area contributed by atoms with E-state index < -0.39 is 6.43 Å². The van der Waals surface area contributed by atoms with Crippen LogP contribution in [0.3, 0.4) is 0 Å². The van der Waals surface area contributed by atoms with Gasteiger partial charge in [0.1, 0.15) is 11.4 Å². The third-order valence-corrected chi connectivity index (χ3v) is 2.42. The molecule has 4 nitrogen and oxygen atoms in total. The average Bonchev–Trinajstić information content (AvgIpc) is 2.81. The highest BCUT2D eigenvalue weighted by atomic mass is 19.3. The summed E-state index contributed by atoms with van der Waals surface area (Å²) in [5.74, 6) is 0. The van der Waals surface area contributed by atoms with E-state index in [4.69, 9.17) is 0 Å². The molecular weight excluding hydrogens is 250 g/mol. The van der Waals surface area contributed by atoms with Gasteiger partial charge in [-0.15, -0.1) is 0 Å². The zero-order chi connectivity index (χ0) is 13.8. The van der Waals surface area contributed by atoms with Gasteiger partial charge >= 0.3 is 0 Å². The molecule has 0 fully saturated rings. The fourth-order valence-corrected chi connectivity index (χ4v) is 1.63. The Bertz CT molecular complexity index is 656. The molecule has 0 aliphatic rings. The van der Waals surface area contributed by atoms with Crippen LogP contribution in [0.25, 0.3) is 5.65 Å². The lowest BCUT2D eigenvalue weighted by molar-refractivity contribution is 0.144. The molecule has 2 heterocycles. The van der Waals surface area contributed by atoms with E-state index in [0.29, 0.717) is 17.1 Å². The molecule has 0 N–H and O–H groups in total. The van der Waals surface area contributed by atoms with Crippen molar-refractivity contribution in [2.24, 2.45) is 4.99 Å². The van der Waals surface area contributed by atoms with Gasteiger partial charge in [-0.3, -0.25) is 4.99 Å². The van der Waals surface area contributed by atoms with E-state index in [9.17, 15) is 8.78 Å². The smallest absolute Gasteiger partial charge is 0.255 e. The van der Waals surface area contributed by atoms with Gasteiger partial charge in [0.15, 0.2) is 5.65 Å². The van der Waals surface area contributed by atoms with Crippen molar-refractivity contribution in [1.29, 1.82) is 0 Å². The van der Waals surface area contributed by atoms with Gasteiger partial charge in [-0.1, -0.05) is 12.7 Å². The Morgan fingerprint density at radius 3 is 2.89 bits per heavy atom. The van der Waals surface area contributed by atoms with E-state index >= 15 is 0 Å². The van der Waals surface area contributed by atoms with Crippen molar-refractivity contribution in [3.8, 4) is 0 Å². The number of hydrogen-bond donors (Lipinski definition) is 0. The minimum absolute atomic E-state index is 0.301. The fourth-order valence-electron chi connectivity index (χ4n) is 1.63. The van der Waals surface area contributed by atoms with Gasteiger partial charge in [0.05, 0.1) is 11.9 Å². The normalized spacial score (nSPS) is 12.7. The molecule has 0 spiro atoms. The van der Waals surface area contributed by atoms with Gasteiger partial charge in [0, 0.05) is 6.20 Å². The van der Waals surface area contributed by atoms with Crippen LogP contribution in [0.1, 0.15) is 24.7 Å². The molecule has 6 heteroatoms. The second-order valence-electron chi connectivity index (χ2n) is 3.67. The van der Waals surface area contributed by atoms with E-state index in [2.05, 4.69) is 21.7 Å². The zero-order valence-corrected chi connectivity index (χ0v) is 10.3. The van der Waals surface area contributed by atoms with Crippen LogP contribution >= 0.6 is 0 Å². The molecule has 0 bridgehead atoms. The summed E-state index contributed by atoms with van der Waals surface area (Å²) in [6, 6.07) is 2.76. The molecule has 2 rings (SSSR count). The van der Waals surface area contributed by atoms with Gasteiger partial charge in [0.2, 0.25) is 0 Å². The van der Waals surface area contributed by atoms with Crippen molar-refractivity contribution in [1.82, 2.24) is 14.6 Å². The molecule has 0 atom stereocenters. The van der Waals surface area contributed by atoms with Gasteiger partial charge in [0.25, 0.3) is 6.43 Å². The van der Waals surface area contributed by atoms with Crippen LogP contribution in [0.2, 0.25) is 0 Å². The summed E-state index contributed by atoms with van der Waals surface area (Å²) >= 11 is 0. The monoisotopic (exact) mass is 262 g/mol. The first kappa shape index (κ1) is 13.1. The standard InChI is InChI=1S/C13H12F2N4/c1-3-5-9(16-4-2)11-8-17-12-7-6-10(13(14)15)18-19(11)12/h3-8,13H,2H2,1H3/b5-3-,16-9?. The largest absolute Gasteiger partial charge is 0.282 e. The number of alkyl halides is 2. The summed E-state index contributed by atoms with van der Waals surface area (Å²) in [5, 5.41) is 3.88. The average molecular weight is 262 g/mol. The third-order valence-electron chi connectivity index (χ3n) is 2.42. The summed E-state index contributed by atoms with van der Waals surface area (Å²) in [6.45, 7) is 5.36. The van der Waals surface area contributed by atoms with Crippen LogP contribution in [0.15, 0.2) is 48.3 Å². The van der Waals surface area contributed by atoms with Crippen LogP contribution in [-0.4, -0.2) is 20.3 Å². The summed E-state index contributed by atoms with van der Waals surface area (Å²) < 4.78 is 26.7. The number of aliphatic imine (C=N–C) groups is 1. The quantitative estimate of drug-likeness (QED) is 0.794. The Morgan fingerprint density at radius 1 is 1.47 bits per heavy atom. The lowest BCUT2D eigenvalue weighted by Crippen LogP contribution is -2.06. The summed E-state index contributed by atoms with van der Waals surface area (Å²) in [5.41, 5.74) is 1.28. The summed E-state index contributed by atoms with van der Waals surface area (Å²) in [7, 11) is 0. The molecule has 0 unspecified atom stereocenters. The molecule has 0 radical (unpaired) electrons. The second-order valence-corrected chi connectivity index (χ2v) is 3.67. The molecule has 19 heavy (non-hydrogen) atoms. The van der Waals surface area contributed by atoms with Gasteiger partial charge < -0.3 is 0 Å². The van der Waals surface area contributed by atoms with Crippen LogP contribution in [0.4, 0.5) is 8.78 Å². The van der Waals surface area contributed by atoms with Crippen LogP contribution in [0.5, 0.6) is 0 Å². The molecule has 0 amide bonds. The van der Waals surface area contributed by atoms with Crippen molar-refractivity contribution in [2.45, 2.75) is 13.3 Å². The Hall–Kier alpha value is -2.37. The molecule has 0 aliphatic carbocycles. The van der Waals surface area contributed by atoms with E-state index in [1.165, 1.54) is 22.8 Å². The van der Waals surface area contributed by atoms with Crippen LogP contribution in [0, 0.1) is 0 Å². The predicted molar refractivity (Wildman–Crippen MR) is 69.5 cm³/mol. The van der Waals surface area contributed by atoms with E-state index in [-0.39, 0.29) is 5.69 Å². The Kier molecular flexibility index (Phi) is 3.79. The maximum atomic E-state index is 12.7. The molecular formula is C13H12F2N4. The fraction of sp³-hybridized carbons (Fsp3) is 0.154. The number of imidazole rings is 1. The lowest BCUT2D eigenvalue weighted by atomic mass is 10.2. The van der Waals surface area contributed by atoms with E-state index in [0.717, 1.165) is 0 Å². The number of halogens is 2. The summed E-state index contributed by atoms with van der Waals surface area (Å²) in [6.07, 6.45) is 3.83. The van der Waals surface area contributed by atoms with Crippen molar-refractivity contribution < 1.29 is 8.78 Å². The highest BCUT2D eigenvalue weighted by Crippen LogP contribution is 2.17. The molecule has 0 saturated carbocycles. The Labute approximate surface area is 108 Å². The van der Waals surface area contributed by atoms with E-state index in [1.807, 2.05) is 6.92 Å². The summed E-state index contributed by atoms with van der Waals surface area (Å²) in [4.78, 5) is 8.20. The second kappa shape index (κ2) is 5.51. The first-order valence-corrected chi connectivity index (χ1v) is 5.62. The maximum Gasteiger partial charge on any atom is 0.282 e. The number of aromatic nitrogens is 3. The van der Waals surface area contributed by atoms with Crippen LogP contribution in [-0.2, 0) is 0 Å². The molecule has 2 aromatic rings. The minimum atomic E-state index is -2.62. The Morgan fingerprint density at radius 2 is 2.26 bits per heavy atom. The van der Waals surface area contributed by atoms with Crippen molar-refractivity contribution in [3.63, 3.8) is 0 Å². The van der Waals surface area contributed by atoms with Crippen molar-refractivity contribution in [3.05, 3.63) is 54.6 Å². The maximum absolute atomic E-state index is 12.7. The number of rotatable bonds is 4. The third kappa shape index (κ3) is 2.57. The highest BCUT2D eigenvalue weighted by Gasteiger charge is 2.13.